The molecule has 0 spiro atoms. The first-order valence-electron chi connectivity index (χ1n) is 5.80. The summed E-state index contributed by atoms with van der Waals surface area (Å²) in [5, 5.41) is 0. The molecule has 1 aliphatic carbocycles. The van der Waals surface area contributed by atoms with Gasteiger partial charge in [-0.15, -0.1) is 0 Å². The van der Waals surface area contributed by atoms with Crippen molar-refractivity contribution in [3.05, 3.63) is 34.9 Å². The molecular formula is C14H16O2. The van der Waals surface area contributed by atoms with E-state index < -0.39 is 5.92 Å². The predicted octanol–water partition coefficient (Wildman–Crippen LogP) is 2.72. The highest BCUT2D eigenvalue weighted by Gasteiger charge is 2.34. The molecule has 0 heterocycles. The van der Waals surface area contributed by atoms with Crippen LogP contribution in [0.4, 0.5) is 0 Å². The van der Waals surface area contributed by atoms with E-state index in [-0.39, 0.29) is 11.6 Å². The number of hydrogen-bond acceptors (Lipinski definition) is 2. The van der Waals surface area contributed by atoms with Gasteiger partial charge in [0, 0.05) is 12.0 Å². The Morgan fingerprint density at radius 3 is 2.88 bits per heavy atom. The summed E-state index contributed by atoms with van der Waals surface area (Å²) in [4.78, 5) is 23.8. The standard InChI is InChI=1S/C14H16O2/c1-3-4-13(15)12-8-10-6-5-9(2)7-11(10)14(12)16/h5-7,12H,3-4,8H2,1-2H3. The van der Waals surface area contributed by atoms with Crippen LogP contribution >= 0.6 is 0 Å². The summed E-state index contributed by atoms with van der Waals surface area (Å²) in [5.74, 6) is -0.282. The zero-order valence-corrected chi connectivity index (χ0v) is 9.75. The number of carbonyl (C=O) groups is 2. The number of aryl methyl sites for hydroxylation is 1. The van der Waals surface area contributed by atoms with Crippen molar-refractivity contribution in [2.24, 2.45) is 5.92 Å². The Bertz CT molecular complexity index is 446. The first-order chi connectivity index (χ1) is 7.63. The highest BCUT2D eigenvalue weighted by molar-refractivity contribution is 6.14. The highest BCUT2D eigenvalue weighted by Crippen LogP contribution is 2.29. The Morgan fingerprint density at radius 2 is 2.19 bits per heavy atom. The van der Waals surface area contributed by atoms with Crippen LogP contribution in [0.5, 0.6) is 0 Å². The number of fused-ring (bicyclic) bond motifs is 1. The lowest BCUT2D eigenvalue weighted by Crippen LogP contribution is -2.20. The van der Waals surface area contributed by atoms with Crippen LogP contribution in [-0.4, -0.2) is 11.6 Å². The van der Waals surface area contributed by atoms with E-state index in [1.165, 1.54) is 0 Å². The van der Waals surface area contributed by atoms with Crippen LogP contribution in [0.25, 0.3) is 0 Å². The molecule has 1 aromatic carbocycles. The van der Waals surface area contributed by atoms with E-state index in [9.17, 15) is 9.59 Å². The summed E-state index contributed by atoms with van der Waals surface area (Å²) in [6.45, 7) is 3.93. The monoisotopic (exact) mass is 216 g/mol. The summed E-state index contributed by atoms with van der Waals surface area (Å²) < 4.78 is 0. The number of ketones is 2. The third kappa shape index (κ3) is 1.80. The molecule has 0 saturated heterocycles. The number of carbonyl (C=O) groups excluding carboxylic acids is 2. The fourth-order valence-electron chi connectivity index (χ4n) is 2.28. The second-order valence-electron chi connectivity index (χ2n) is 4.50. The van der Waals surface area contributed by atoms with Gasteiger partial charge < -0.3 is 0 Å². The van der Waals surface area contributed by atoms with Crippen molar-refractivity contribution in [1.82, 2.24) is 0 Å². The molecule has 0 amide bonds. The molecule has 0 radical (unpaired) electrons. The summed E-state index contributed by atoms with van der Waals surface area (Å²) in [7, 11) is 0. The molecule has 1 aromatic rings. The van der Waals surface area contributed by atoms with Gasteiger partial charge >= 0.3 is 0 Å². The largest absolute Gasteiger partial charge is 0.299 e. The minimum atomic E-state index is -0.406. The van der Waals surface area contributed by atoms with Gasteiger partial charge in [-0.3, -0.25) is 9.59 Å². The maximum Gasteiger partial charge on any atom is 0.173 e. The lowest BCUT2D eigenvalue weighted by molar-refractivity contribution is -0.121. The van der Waals surface area contributed by atoms with E-state index in [0.717, 1.165) is 23.1 Å². The molecule has 16 heavy (non-hydrogen) atoms. The van der Waals surface area contributed by atoms with Gasteiger partial charge in [-0.05, 0) is 31.4 Å². The van der Waals surface area contributed by atoms with Crippen molar-refractivity contribution in [3.8, 4) is 0 Å². The van der Waals surface area contributed by atoms with Gasteiger partial charge in [0.05, 0.1) is 5.92 Å². The van der Waals surface area contributed by atoms with Gasteiger partial charge in [0.1, 0.15) is 5.78 Å². The Labute approximate surface area is 95.7 Å². The molecule has 0 N–H and O–H groups in total. The fourth-order valence-corrected chi connectivity index (χ4v) is 2.28. The van der Waals surface area contributed by atoms with Crippen LogP contribution in [0.3, 0.4) is 0 Å². The van der Waals surface area contributed by atoms with Gasteiger partial charge in [-0.2, -0.15) is 0 Å². The minimum absolute atomic E-state index is 0.0251. The summed E-state index contributed by atoms with van der Waals surface area (Å²) >= 11 is 0. The van der Waals surface area contributed by atoms with Gasteiger partial charge in [0.25, 0.3) is 0 Å². The van der Waals surface area contributed by atoms with Crippen molar-refractivity contribution >= 4 is 11.6 Å². The molecule has 2 nitrogen and oxygen atoms in total. The van der Waals surface area contributed by atoms with Crippen LogP contribution in [0, 0.1) is 12.8 Å². The van der Waals surface area contributed by atoms with Crippen molar-refractivity contribution < 1.29 is 9.59 Å². The Balaban J connectivity index is 2.27. The average molecular weight is 216 g/mol. The normalized spacial score (nSPS) is 18.6. The molecule has 1 aliphatic rings. The van der Waals surface area contributed by atoms with Gasteiger partial charge in [0.2, 0.25) is 0 Å². The summed E-state index contributed by atoms with van der Waals surface area (Å²) in [5.41, 5.74) is 2.87. The molecule has 0 aromatic heterocycles. The van der Waals surface area contributed by atoms with Crippen molar-refractivity contribution in [3.63, 3.8) is 0 Å². The van der Waals surface area contributed by atoms with E-state index >= 15 is 0 Å². The maximum absolute atomic E-state index is 12.0. The Morgan fingerprint density at radius 1 is 1.44 bits per heavy atom. The SMILES string of the molecule is CCCC(=O)C1Cc2ccc(C)cc2C1=O. The van der Waals surface area contributed by atoms with Crippen LogP contribution in [0.2, 0.25) is 0 Å². The topological polar surface area (TPSA) is 34.1 Å². The molecule has 84 valence electrons. The second-order valence-corrected chi connectivity index (χ2v) is 4.50. The highest BCUT2D eigenvalue weighted by atomic mass is 16.2. The van der Waals surface area contributed by atoms with Crippen LogP contribution in [0.1, 0.15) is 41.3 Å². The minimum Gasteiger partial charge on any atom is -0.299 e. The van der Waals surface area contributed by atoms with Crippen LogP contribution in [-0.2, 0) is 11.2 Å². The molecule has 1 atom stereocenters. The second kappa shape index (κ2) is 4.20. The molecular weight excluding hydrogens is 200 g/mol. The Hall–Kier alpha value is -1.44. The zero-order valence-electron chi connectivity index (χ0n) is 9.75. The predicted molar refractivity (Wildman–Crippen MR) is 62.6 cm³/mol. The van der Waals surface area contributed by atoms with Crippen LogP contribution < -0.4 is 0 Å². The number of hydrogen-bond donors (Lipinski definition) is 0. The van der Waals surface area contributed by atoms with Gasteiger partial charge in [-0.1, -0.05) is 24.6 Å². The first kappa shape index (κ1) is 11.1. The van der Waals surface area contributed by atoms with Crippen LogP contribution in [0.15, 0.2) is 18.2 Å². The van der Waals surface area contributed by atoms with E-state index in [0.29, 0.717) is 12.8 Å². The third-order valence-electron chi connectivity index (χ3n) is 3.16. The number of Topliss-reactive ketones (excluding diaryl/α,β-unsaturated/α-hetero) is 2. The molecule has 1 unspecified atom stereocenters. The van der Waals surface area contributed by atoms with Crippen molar-refractivity contribution in [2.75, 3.05) is 0 Å². The average Bonchev–Trinajstić information content (AvgIpc) is 2.57. The quantitative estimate of drug-likeness (QED) is 0.728. The fraction of sp³-hybridized carbons (Fsp3) is 0.429. The maximum atomic E-state index is 12.0. The van der Waals surface area contributed by atoms with E-state index in [4.69, 9.17) is 0 Å². The molecule has 0 fully saturated rings. The number of rotatable bonds is 3. The first-order valence-corrected chi connectivity index (χ1v) is 5.80. The van der Waals surface area contributed by atoms with E-state index in [1.807, 2.05) is 32.0 Å². The molecule has 0 bridgehead atoms. The molecule has 0 saturated carbocycles. The molecule has 2 heteroatoms. The van der Waals surface area contributed by atoms with Crippen molar-refractivity contribution in [2.45, 2.75) is 33.1 Å². The zero-order chi connectivity index (χ0) is 11.7. The summed E-state index contributed by atoms with van der Waals surface area (Å²) in [6, 6.07) is 5.87. The molecule has 2 rings (SSSR count). The van der Waals surface area contributed by atoms with Gasteiger partial charge in [-0.25, -0.2) is 0 Å². The van der Waals surface area contributed by atoms with E-state index in [1.54, 1.807) is 0 Å². The number of benzene rings is 1. The Kier molecular flexibility index (Phi) is 2.90. The summed E-state index contributed by atoms with van der Waals surface area (Å²) in [6.07, 6.45) is 1.94. The lowest BCUT2D eigenvalue weighted by Gasteiger charge is -2.04. The van der Waals surface area contributed by atoms with E-state index in [2.05, 4.69) is 0 Å². The van der Waals surface area contributed by atoms with Crippen molar-refractivity contribution in [1.29, 1.82) is 0 Å². The molecule has 0 aliphatic heterocycles. The smallest absolute Gasteiger partial charge is 0.173 e. The third-order valence-corrected chi connectivity index (χ3v) is 3.16. The van der Waals surface area contributed by atoms with Gasteiger partial charge in [0.15, 0.2) is 5.78 Å². The lowest BCUT2D eigenvalue weighted by atomic mass is 9.96.